The lowest BCUT2D eigenvalue weighted by atomic mass is 10.1. The van der Waals surface area contributed by atoms with Gasteiger partial charge in [-0.05, 0) is 23.8 Å². The zero-order chi connectivity index (χ0) is 19.3. The van der Waals surface area contributed by atoms with Gasteiger partial charge in [-0.3, -0.25) is 14.5 Å². The van der Waals surface area contributed by atoms with Gasteiger partial charge in [0.1, 0.15) is 0 Å². The van der Waals surface area contributed by atoms with Gasteiger partial charge in [0.25, 0.3) is 5.56 Å². The fourth-order valence-electron chi connectivity index (χ4n) is 3.37. The van der Waals surface area contributed by atoms with Crippen LogP contribution in [-0.2, 0) is 22.5 Å². The van der Waals surface area contributed by atoms with E-state index in [-0.39, 0.29) is 17.9 Å². The van der Waals surface area contributed by atoms with Gasteiger partial charge in [-0.25, -0.2) is 5.10 Å². The van der Waals surface area contributed by atoms with Crippen LogP contribution < -0.4 is 10.9 Å². The van der Waals surface area contributed by atoms with Crippen molar-refractivity contribution in [2.45, 2.75) is 13.0 Å². The first-order valence-corrected chi connectivity index (χ1v) is 9.34. The van der Waals surface area contributed by atoms with Crippen molar-refractivity contribution in [1.82, 2.24) is 15.1 Å². The maximum atomic E-state index is 12.4. The molecule has 1 fully saturated rings. The number of carbonyl (C=O) groups excluding carboxylic acids is 1. The minimum atomic E-state index is -0.254. The molecular formula is C21H22N4O3. The quantitative estimate of drug-likeness (QED) is 0.708. The van der Waals surface area contributed by atoms with E-state index in [0.717, 1.165) is 38.5 Å². The van der Waals surface area contributed by atoms with Crippen LogP contribution in [0.25, 0.3) is 10.8 Å². The van der Waals surface area contributed by atoms with E-state index in [1.54, 1.807) is 18.2 Å². The first-order chi connectivity index (χ1) is 13.7. The van der Waals surface area contributed by atoms with Crippen molar-refractivity contribution in [2.24, 2.45) is 0 Å². The zero-order valence-electron chi connectivity index (χ0n) is 15.5. The number of amides is 1. The van der Waals surface area contributed by atoms with E-state index in [0.29, 0.717) is 16.5 Å². The molecule has 1 aliphatic heterocycles. The van der Waals surface area contributed by atoms with E-state index < -0.39 is 0 Å². The number of H-pyrrole nitrogens is 1. The highest BCUT2D eigenvalue weighted by atomic mass is 16.5. The summed E-state index contributed by atoms with van der Waals surface area (Å²) in [4.78, 5) is 26.7. The smallest absolute Gasteiger partial charge is 0.272 e. The van der Waals surface area contributed by atoms with Crippen molar-refractivity contribution in [3.05, 3.63) is 70.1 Å². The fourth-order valence-corrected chi connectivity index (χ4v) is 3.37. The minimum Gasteiger partial charge on any atom is -0.379 e. The molecule has 0 atom stereocenters. The van der Waals surface area contributed by atoms with Gasteiger partial charge in [-0.15, -0.1) is 0 Å². The average molecular weight is 378 g/mol. The molecule has 1 aromatic heterocycles. The fraction of sp³-hybridized carbons (Fsp3) is 0.286. The highest BCUT2D eigenvalue weighted by molar-refractivity contribution is 5.95. The minimum absolute atomic E-state index is 0.0901. The normalized spacial score (nSPS) is 14.9. The Labute approximate surface area is 162 Å². The third-order valence-electron chi connectivity index (χ3n) is 4.85. The lowest BCUT2D eigenvalue weighted by Gasteiger charge is -2.26. The van der Waals surface area contributed by atoms with E-state index in [2.05, 4.69) is 20.4 Å². The highest BCUT2D eigenvalue weighted by Gasteiger charge is 2.12. The number of benzene rings is 2. The first-order valence-electron chi connectivity index (χ1n) is 9.34. The van der Waals surface area contributed by atoms with Gasteiger partial charge < -0.3 is 10.1 Å². The summed E-state index contributed by atoms with van der Waals surface area (Å²) in [5, 5.41) is 10.6. The highest BCUT2D eigenvalue weighted by Crippen LogP contribution is 2.15. The third-order valence-corrected chi connectivity index (χ3v) is 4.85. The Balaban J connectivity index is 1.40. The number of hydrogen-bond acceptors (Lipinski definition) is 5. The predicted molar refractivity (Wildman–Crippen MR) is 107 cm³/mol. The summed E-state index contributed by atoms with van der Waals surface area (Å²) in [6.07, 6.45) is 0.0901. The number of fused-ring (bicyclic) bond motifs is 1. The van der Waals surface area contributed by atoms with Crippen molar-refractivity contribution < 1.29 is 9.53 Å². The van der Waals surface area contributed by atoms with Crippen molar-refractivity contribution in [3.63, 3.8) is 0 Å². The Bertz CT molecular complexity index is 1020. The number of morpholine rings is 1. The monoisotopic (exact) mass is 378 g/mol. The second kappa shape index (κ2) is 8.33. The molecule has 144 valence electrons. The van der Waals surface area contributed by atoms with Crippen LogP contribution in [0.4, 0.5) is 5.69 Å². The Morgan fingerprint density at radius 2 is 1.79 bits per heavy atom. The van der Waals surface area contributed by atoms with Gasteiger partial charge in [0.05, 0.1) is 30.7 Å². The van der Waals surface area contributed by atoms with Gasteiger partial charge in [-0.2, -0.15) is 5.10 Å². The Hall–Kier alpha value is -3.03. The molecule has 3 aromatic rings. The van der Waals surface area contributed by atoms with Gasteiger partial charge in [0, 0.05) is 30.7 Å². The Morgan fingerprint density at radius 3 is 2.54 bits per heavy atom. The zero-order valence-corrected chi connectivity index (χ0v) is 15.5. The summed E-state index contributed by atoms with van der Waals surface area (Å²) in [7, 11) is 0. The molecule has 1 aliphatic rings. The predicted octanol–water partition coefficient (Wildman–Crippen LogP) is 1.94. The average Bonchev–Trinajstić information content (AvgIpc) is 2.73. The van der Waals surface area contributed by atoms with Crippen LogP contribution in [0.5, 0.6) is 0 Å². The molecule has 2 aromatic carbocycles. The van der Waals surface area contributed by atoms with Crippen molar-refractivity contribution in [1.29, 1.82) is 0 Å². The third kappa shape index (κ3) is 4.27. The van der Waals surface area contributed by atoms with Crippen LogP contribution in [0.2, 0.25) is 0 Å². The van der Waals surface area contributed by atoms with E-state index in [1.165, 1.54) is 5.56 Å². The number of nitrogens with zero attached hydrogens (tertiary/aromatic N) is 2. The van der Waals surface area contributed by atoms with Crippen LogP contribution in [0.1, 0.15) is 11.3 Å². The van der Waals surface area contributed by atoms with Crippen LogP contribution in [0.3, 0.4) is 0 Å². The first kappa shape index (κ1) is 18.3. The molecule has 0 saturated carbocycles. The number of ether oxygens (including phenoxy) is 1. The molecule has 2 N–H and O–H groups in total. The molecule has 28 heavy (non-hydrogen) atoms. The maximum absolute atomic E-state index is 12.4. The number of nitrogens with one attached hydrogen (secondary N) is 2. The van der Waals surface area contributed by atoms with Crippen molar-refractivity contribution in [3.8, 4) is 0 Å². The molecule has 1 amide bonds. The van der Waals surface area contributed by atoms with Crippen molar-refractivity contribution >= 4 is 22.4 Å². The summed E-state index contributed by atoms with van der Waals surface area (Å²) in [5.74, 6) is -0.175. The molecule has 0 radical (unpaired) electrons. The number of aromatic nitrogens is 2. The van der Waals surface area contributed by atoms with Crippen LogP contribution in [-0.4, -0.2) is 47.3 Å². The molecule has 7 heteroatoms. The van der Waals surface area contributed by atoms with E-state index in [4.69, 9.17) is 4.74 Å². The van der Waals surface area contributed by atoms with Crippen LogP contribution >= 0.6 is 0 Å². The maximum Gasteiger partial charge on any atom is 0.272 e. The Kier molecular flexibility index (Phi) is 5.45. The van der Waals surface area contributed by atoms with Gasteiger partial charge >= 0.3 is 0 Å². The SMILES string of the molecule is O=C(Cc1n[nH]c(=O)c2ccccc12)Nc1ccc(CN2CCOCC2)cc1. The second-order valence-electron chi connectivity index (χ2n) is 6.86. The van der Waals surface area contributed by atoms with Crippen LogP contribution in [0.15, 0.2) is 53.3 Å². The van der Waals surface area contributed by atoms with Gasteiger partial charge in [0.2, 0.25) is 5.91 Å². The molecule has 7 nitrogen and oxygen atoms in total. The summed E-state index contributed by atoms with van der Waals surface area (Å²) < 4.78 is 5.37. The molecule has 0 bridgehead atoms. The Morgan fingerprint density at radius 1 is 1.07 bits per heavy atom. The summed E-state index contributed by atoms with van der Waals surface area (Å²) in [6.45, 7) is 4.32. The molecule has 4 rings (SSSR count). The van der Waals surface area contributed by atoms with Gasteiger partial charge in [0.15, 0.2) is 0 Å². The van der Waals surface area contributed by atoms with E-state index >= 15 is 0 Å². The number of rotatable bonds is 5. The second-order valence-corrected chi connectivity index (χ2v) is 6.86. The topological polar surface area (TPSA) is 87.3 Å². The van der Waals surface area contributed by atoms with Crippen LogP contribution in [0, 0.1) is 0 Å². The number of carbonyl (C=O) groups is 1. The summed E-state index contributed by atoms with van der Waals surface area (Å²) in [6, 6.07) is 15.0. The number of aromatic amines is 1. The molecule has 1 saturated heterocycles. The molecular weight excluding hydrogens is 356 g/mol. The van der Waals surface area contributed by atoms with E-state index in [1.807, 2.05) is 30.3 Å². The number of hydrogen-bond donors (Lipinski definition) is 2. The molecule has 0 unspecified atom stereocenters. The molecule has 0 aliphatic carbocycles. The summed E-state index contributed by atoms with van der Waals surface area (Å²) in [5.41, 5.74) is 2.24. The van der Waals surface area contributed by atoms with Gasteiger partial charge in [-0.1, -0.05) is 30.3 Å². The lowest BCUT2D eigenvalue weighted by molar-refractivity contribution is -0.115. The largest absolute Gasteiger partial charge is 0.379 e. The van der Waals surface area contributed by atoms with E-state index in [9.17, 15) is 9.59 Å². The lowest BCUT2D eigenvalue weighted by Crippen LogP contribution is -2.35. The van der Waals surface area contributed by atoms with Crippen molar-refractivity contribution in [2.75, 3.05) is 31.6 Å². The molecule has 0 spiro atoms. The summed E-state index contributed by atoms with van der Waals surface area (Å²) >= 11 is 0. The number of anilines is 1. The standard InChI is InChI=1S/C21H22N4O3/c26-20(13-19-17-3-1-2-4-18(17)21(27)24-23-19)22-16-7-5-15(6-8-16)14-25-9-11-28-12-10-25/h1-8H,9-14H2,(H,22,26)(H,24,27). The molecule has 2 heterocycles.